The van der Waals surface area contributed by atoms with Crippen LogP contribution in [0.15, 0.2) is 23.3 Å². The van der Waals surface area contributed by atoms with Crippen LogP contribution in [0, 0.1) is 0 Å². The number of halogens is 3. The minimum absolute atomic E-state index is 0.181. The Morgan fingerprint density at radius 2 is 2.19 bits per heavy atom. The smallest absolute Gasteiger partial charge is 0.113 e. The van der Waals surface area contributed by atoms with Crippen molar-refractivity contribution in [2.45, 2.75) is 29.9 Å². The first-order valence-electron chi connectivity index (χ1n) is 4.97. The van der Waals surface area contributed by atoms with Crippen LogP contribution in [0.5, 0.6) is 0 Å². The summed E-state index contributed by atoms with van der Waals surface area (Å²) in [5, 5.41) is 2.89. The number of rotatable bonds is 7. The van der Waals surface area contributed by atoms with E-state index >= 15 is 0 Å². The lowest BCUT2D eigenvalue weighted by atomic mass is 10.2. The number of hydrogen-bond donors (Lipinski definition) is 1. The van der Waals surface area contributed by atoms with E-state index in [-0.39, 0.29) is 5.38 Å². The van der Waals surface area contributed by atoms with Gasteiger partial charge in [-0.15, -0.1) is 53.1 Å². The molecule has 0 aromatic rings. The van der Waals surface area contributed by atoms with E-state index in [0.29, 0.717) is 12.3 Å². The van der Waals surface area contributed by atoms with Crippen LogP contribution >= 0.6 is 46.6 Å². The fraction of sp³-hybridized carbons (Fsp3) is 0.636. The van der Waals surface area contributed by atoms with Crippen LogP contribution in [0.4, 0.5) is 0 Å². The zero-order valence-corrected chi connectivity index (χ0v) is 12.9. The van der Waals surface area contributed by atoms with Crippen molar-refractivity contribution in [3.8, 4) is 0 Å². The SMILES string of the molecule is C=CCC(Cl)(S/C(CCl)=C(/C)NC)C(C)Cl. The fourth-order valence-corrected chi connectivity index (χ4v) is 3.09. The molecule has 16 heavy (non-hydrogen) atoms. The molecule has 0 radical (unpaired) electrons. The van der Waals surface area contributed by atoms with Gasteiger partial charge in [-0.3, -0.25) is 0 Å². The lowest BCUT2D eigenvalue weighted by molar-refractivity contribution is 0.777. The molecule has 0 spiro atoms. The molecule has 0 aliphatic heterocycles. The van der Waals surface area contributed by atoms with Crippen molar-refractivity contribution in [2.24, 2.45) is 0 Å². The van der Waals surface area contributed by atoms with Gasteiger partial charge < -0.3 is 5.32 Å². The standard InChI is InChI=1S/C11H18Cl3NS/c1-5-6-11(14,9(3)13)16-10(7-12)8(2)15-4/h5,9,15H,1,6-7H2,2-4H3/b10-8-. The third-order valence-corrected chi connectivity index (χ3v) is 5.53. The third-order valence-electron chi connectivity index (χ3n) is 2.22. The Labute approximate surface area is 118 Å². The van der Waals surface area contributed by atoms with E-state index in [4.69, 9.17) is 34.8 Å². The van der Waals surface area contributed by atoms with Crippen LogP contribution in [-0.2, 0) is 0 Å². The molecule has 0 aromatic carbocycles. The van der Waals surface area contributed by atoms with E-state index in [0.717, 1.165) is 10.6 Å². The zero-order chi connectivity index (χ0) is 12.8. The topological polar surface area (TPSA) is 12.0 Å². The van der Waals surface area contributed by atoms with E-state index in [1.165, 1.54) is 11.8 Å². The molecular weight excluding hydrogens is 285 g/mol. The van der Waals surface area contributed by atoms with Crippen molar-refractivity contribution in [1.29, 1.82) is 0 Å². The molecule has 0 heterocycles. The van der Waals surface area contributed by atoms with Gasteiger partial charge in [0.2, 0.25) is 0 Å². The average molecular weight is 303 g/mol. The molecule has 0 bridgehead atoms. The Bertz CT molecular complexity index is 266. The quantitative estimate of drug-likeness (QED) is 0.547. The molecule has 1 nitrogen and oxygen atoms in total. The first kappa shape index (κ1) is 16.5. The van der Waals surface area contributed by atoms with Crippen LogP contribution in [-0.4, -0.2) is 22.5 Å². The monoisotopic (exact) mass is 301 g/mol. The van der Waals surface area contributed by atoms with Gasteiger partial charge in [0.1, 0.15) is 4.21 Å². The predicted octanol–water partition coefficient (Wildman–Crippen LogP) is 4.55. The molecule has 0 saturated carbocycles. The molecule has 0 rings (SSSR count). The number of alkyl halides is 3. The Kier molecular flexibility index (Phi) is 8.00. The largest absolute Gasteiger partial charge is 0.391 e. The van der Waals surface area contributed by atoms with E-state index in [1.54, 1.807) is 6.08 Å². The van der Waals surface area contributed by atoms with Gasteiger partial charge in [0.15, 0.2) is 0 Å². The Morgan fingerprint density at radius 1 is 1.62 bits per heavy atom. The molecule has 1 N–H and O–H groups in total. The maximum absolute atomic E-state index is 6.49. The van der Waals surface area contributed by atoms with E-state index in [1.807, 2.05) is 20.9 Å². The van der Waals surface area contributed by atoms with Crippen LogP contribution in [0.2, 0.25) is 0 Å². The van der Waals surface area contributed by atoms with Gasteiger partial charge in [-0.2, -0.15) is 0 Å². The highest BCUT2D eigenvalue weighted by Crippen LogP contribution is 2.44. The van der Waals surface area contributed by atoms with Crippen molar-refractivity contribution in [3.63, 3.8) is 0 Å². The molecule has 0 aromatic heterocycles. The van der Waals surface area contributed by atoms with Gasteiger partial charge in [0, 0.05) is 17.6 Å². The molecule has 2 unspecified atom stereocenters. The Morgan fingerprint density at radius 3 is 2.50 bits per heavy atom. The fourth-order valence-electron chi connectivity index (χ4n) is 1.03. The summed E-state index contributed by atoms with van der Waals surface area (Å²) in [6, 6.07) is 0. The highest BCUT2D eigenvalue weighted by molar-refractivity contribution is 8.05. The van der Waals surface area contributed by atoms with Crippen LogP contribution in [0.1, 0.15) is 20.3 Å². The number of thioether (sulfide) groups is 1. The number of nitrogens with one attached hydrogen (secondary N) is 1. The lowest BCUT2D eigenvalue weighted by Crippen LogP contribution is -2.27. The van der Waals surface area contributed by atoms with Gasteiger partial charge in [-0.1, -0.05) is 6.08 Å². The zero-order valence-electron chi connectivity index (χ0n) is 9.82. The molecule has 0 aliphatic rings. The van der Waals surface area contributed by atoms with Crippen molar-refractivity contribution >= 4 is 46.6 Å². The van der Waals surface area contributed by atoms with E-state index < -0.39 is 4.21 Å². The van der Waals surface area contributed by atoms with Gasteiger partial charge in [-0.25, -0.2) is 0 Å². The van der Waals surface area contributed by atoms with Gasteiger partial charge >= 0.3 is 0 Å². The van der Waals surface area contributed by atoms with Crippen LogP contribution in [0.3, 0.4) is 0 Å². The summed E-state index contributed by atoms with van der Waals surface area (Å²) in [6.07, 6.45) is 2.40. The van der Waals surface area contributed by atoms with Gasteiger partial charge in [0.25, 0.3) is 0 Å². The minimum Gasteiger partial charge on any atom is -0.391 e. The Hall–Kier alpha value is 0.500. The predicted molar refractivity (Wildman–Crippen MR) is 78.8 cm³/mol. The molecular formula is C11H18Cl3NS. The summed E-state index contributed by atoms with van der Waals surface area (Å²) in [6.45, 7) is 7.55. The van der Waals surface area contributed by atoms with Crippen molar-refractivity contribution in [2.75, 3.05) is 12.9 Å². The second kappa shape index (κ2) is 7.75. The molecule has 2 atom stereocenters. The van der Waals surface area contributed by atoms with Gasteiger partial charge in [0.05, 0.1) is 11.3 Å². The molecule has 5 heteroatoms. The second-order valence-electron chi connectivity index (χ2n) is 3.43. The summed E-state index contributed by atoms with van der Waals surface area (Å²) in [7, 11) is 1.86. The van der Waals surface area contributed by atoms with Crippen LogP contribution in [0.25, 0.3) is 0 Å². The summed E-state index contributed by atoms with van der Waals surface area (Å²) < 4.78 is -0.592. The highest BCUT2D eigenvalue weighted by Gasteiger charge is 2.34. The summed E-state index contributed by atoms with van der Waals surface area (Å²) in [5.41, 5.74) is 1.02. The van der Waals surface area contributed by atoms with Crippen LogP contribution < -0.4 is 5.32 Å². The van der Waals surface area contributed by atoms with Crippen molar-refractivity contribution < 1.29 is 0 Å². The summed E-state index contributed by atoms with van der Waals surface area (Å²) >= 11 is 20.0. The van der Waals surface area contributed by atoms with Gasteiger partial charge in [-0.05, 0) is 20.3 Å². The number of hydrogen-bond acceptors (Lipinski definition) is 2. The first-order valence-corrected chi connectivity index (χ1v) is 7.14. The first-order chi connectivity index (χ1) is 7.41. The van der Waals surface area contributed by atoms with Crippen molar-refractivity contribution in [3.05, 3.63) is 23.3 Å². The second-order valence-corrected chi connectivity index (χ2v) is 6.67. The number of allylic oxidation sites excluding steroid dienone is 3. The normalized spacial score (nSPS) is 18.4. The molecule has 94 valence electrons. The molecule has 0 saturated heterocycles. The third kappa shape index (κ3) is 4.79. The highest BCUT2D eigenvalue weighted by atomic mass is 35.5. The maximum atomic E-state index is 6.49. The molecule has 0 fully saturated rings. The molecule has 0 amide bonds. The summed E-state index contributed by atoms with van der Waals surface area (Å²) in [4.78, 5) is 1.01. The van der Waals surface area contributed by atoms with Crippen molar-refractivity contribution in [1.82, 2.24) is 5.32 Å². The Balaban J connectivity index is 4.93. The maximum Gasteiger partial charge on any atom is 0.113 e. The minimum atomic E-state index is -0.592. The average Bonchev–Trinajstić information content (AvgIpc) is 2.25. The van der Waals surface area contributed by atoms with E-state index in [9.17, 15) is 0 Å². The van der Waals surface area contributed by atoms with E-state index in [2.05, 4.69) is 11.9 Å². The lowest BCUT2D eigenvalue weighted by Gasteiger charge is -2.29. The molecule has 0 aliphatic carbocycles. The summed E-state index contributed by atoms with van der Waals surface area (Å²) in [5.74, 6) is 0.423.